The molecule has 0 fully saturated rings. The Morgan fingerprint density at radius 3 is 2.50 bits per heavy atom. The van der Waals surface area contributed by atoms with E-state index in [9.17, 15) is 0 Å². The van der Waals surface area contributed by atoms with Crippen molar-refractivity contribution in [1.29, 1.82) is 0 Å². The Labute approximate surface area is 71.6 Å². The molecule has 0 heterocycles. The van der Waals surface area contributed by atoms with E-state index in [1.807, 2.05) is 0 Å². The Balaban J connectivity index is 2.89. The second-order valence-electron chi connectivity index (χ2n) is 2.13. The van der Waals surface area contributed by atoms with Crippen LogP contribution in [0.25, 0.3) is 0 Å². The summed E-state index contributed by atoms with van der Waals surface area (Å²) in [5.74, 6) is 0.905. The van der Waals surface area contributed by atoms with Gasteiger partial charge in [0.25, 0.3) is 0 Å². The maximum Gasteiger partial charge on any atom is 0.125 e. The second kappa shape index (κ2) is 7.72. The number of aliphatic hydroxyl groups is 1. The topological polar surface area (TPSA) is 40.5 Å². The van der Waals surface area contributed by atoms with Crippen molar-refractivity contribution in [3.63, 3.8) is 0 Å². The largest absolute Gasteiger partial charge is 0.380 e. The molecule has 0 aliphatic carbocycles. The van der Waals surface area contributed by atoms with Crippen LogP contribution in [0.2, 0.25) is 0 Å². The lowest BCUT2D eigenvalue weighted by Gasteiger charge is -2.03. The van der Waals surface area contributed by atoms with Crippen LogP contribution in [0.5, 0.6) is 0 Å². The van der Waals surface area contributed by atoms with Gasteiger partial charge in [-0.3, -0.25) is 0 Å². The van der Waals surface area contributed by atoms with Gasteiger partial charge in [-0.05, 0) is 25.0 Å². The van der Waals surface area contributed by atoms with Gasteiger partial charge in [0.15, 0.2) is 0 Å². The lowest BCUT2D eigenvalue weighted by Crippen LogP contribution is -1.98. The number of thiol groups is 1. The SMILES string of the molecule is OSC(O)CCCCCS. The molecule has 0 radical (unpaired) electrons. The highest BCUT2D eigenvalue weighted by Gasteiger charge is 2.00. The van der Waals surface area contributed by atoms with Gasteiger partial charge in [0.2, 0.25) is 0 Å². The predicted molar refractivity (Wildman–Crippen MR) is 48.5 cm³/mol. The molecule has 0 aliphatic rings. The summed E-state index contributed by atoms with van der Waals surface area (Å²) in [4.78, 5) is 0. The molecular weight excluding hydrogens is 168 g/mol. The average molecular weight is 182 g/mol. The molecule has 0 aromatic heterocycles. The average Bonchev–Trinajstić information content (AvgIpc) is 1.98. The lowest BCUT2D eigenvalue weighted by atomic mass is 10.2. The predicted octanol–water partition coefficient (Wildman–Crippen LogP) is 2.00. The first-order valence-corrected chi connectivity index (χ1v) is 4.87. The van der Waals surface area contributed by atoms with E-state index in [4.69, 9.17) is 9.66 Å². The minimum Gasteiger partial charge on any atom is -0.380 e. The first-order chi connectivity index (χ1) is 4.81. The van der Waals surface area contributed by atoms with E-state index in [0.717, 1.165) is 25.0 Å². The zero-order valence-corrected chi connectivity index (χ0v) is 7.57. The van der Waals surface area contributed by atoms with E-state index in [1.165, 1.54) is 0 Å². The van der Waals surface area contributed by atoms with E-state index in [-0.39, 0.29) is 0 Å². The molecule has 0 saturated heterocycles. The molecular formula is C6H14O2S2. The van der Waals surface area contributed by atoms with Crippen LogP contribution in [-0.2, 0) is 0 Å². The van der Waals surface area contributed by atoms with Crippen molar-refractivity contribution in [2.45, 2.75) is 31.1 Å². The third-order valence-corrected chi connectivity index (χ3v) is 2.03. The molecule has 0 aliphatic heterocycles. The minimum absolute atomic E-state index is 0.519. The Kier molecular flexibility index (Phi) is 8.20. The van der Waals surface area contributed by atoms with Crippen LogP contribution in [0.15, 0.2) is 0 Å². The van der Waals surface area contributed by atoms with Crippen molar-refractivity contribution in [3.05, 3.63) is 0 Å². The Morgan fingerprint density at radius 2 is 2.00 bits per heavy atom. The summed E-state index contributed by atoms with van der Waals surface area (Å²) >= 11 is 4.57. The molecule has 0 aromatic carbocycles. The fourth-order valence-electron chi connectivity index (χ4n) is 0.660. The summed E-state index contributed by atoms with van der Waals surface area (Å²) in [6.07, 6.45) is 3.82. The van der Waals surface area contributed by atoms with Gasteiger partial charge in [0.05, 0.1) is 0 Å². The van der Waals surface area contributed by atoms with Gasteiger partial charge in [-0.25, -0.2) is 0 Å². The van der Waals surface area contributed by atoms with E-state index in [1.54, 1.807) is 0 Å². The summed E-state index contributed by atoms with van der Waals surface area (Å²) in [6, 6.07) is 0. The maximum absolute atomic E-state index is 8.85. The lowest BCUT2D eigenvalue weighted by molar-refractivity contribution is 0.241. The maximum atomic E-state index is 8.85. The molecule has 0 spiro atoms. The molecule has 0 rings (SSSR count). The van der Waals surface area contributed by atoms with E-state index < -0.39 is 5.44 Å². The number of hydrogen-bond acceptors (Lipinski definition) is 4. The number of unbranched alkanes of at least 4 members (excludes halogenated alkanes) is 2. The van der Waals surface area contributed by atoms with Gasteiger partial charge in [-0.15, -0.1) is 0 Å². The van der Waals surface area contributed by atoms with Crippen LogP contribution in [0, 0.1) is 0 Å². The number of rotatable bonds is 6. The molecule has 62 valence electrons. The molecule has 2 N–H and O–H groups in total. The van der Waals surface area contributed by atoms with Gasteiger partial charge in [0.1, 0.15) is 5.44 Å². The minimum atomic E-state index is -0.597. The fraction of sp³-hybridized carbons (Fsp3) is 1.00. The molecule has 0 saturated carbocycles. The van der Waals surface area contributed by atoms with Gasteiger partial charge in [-0.1, -0.05) is 6.42 Å². The molecule has 0 aromatic rings. The normalized spacial score (nSPS) is 13.5. The van der Waals surface area contributed by atoms with Gasteiger partial charge < -0.3 is 9.66 Å². The summed E-state index contributed by atoms with van der Waals surface area (Å²) in [6.45, 7) is 0. The number of aliphatic hydroxyl groups excluding tert-OH is 1. The zero-order chi connectivity index (χ0) is 7.82. The van der Waals surface area contributed by atoms with Crippen molar-refractivity contribution in [2.75, 3.05) is 5.75 Å². The van der Waals surface area contributed by atoms with Gasteiger partial charge >= 0.3 is 0 Å². The van der Waals surface area contributed by atoms with Crippen molar-refractivity contribution in [3.8, 4) is 0 Å². The van der Waals surface area contributed by atoms with Gasteiger partial charge in [0, 0.05) is 12.0 Å². The van der Waals surface area contributed by atoms with Crippen LogP contribution in [0.3, 0.4) is 0 Å². The summed E-state index contributed by atoms with van der Waals surface area (Å²) in [5, 5.41) is 8.85. The first-order valence-electron chi connectivity index (χ1n) is 3.40. The molecule has 1 atom stereocenters. The molecule has 0 bridgehead atoms. The van der Waals surface area contributed by atoms with Crippen molar-refractivity contribution < 1.29 is 9.66 Å². The molecule has 10 heavy (non-hydrogen) atoms. The Morgan fingerprint density at radius 1 is 1.30 bits per heavy atom. The molecule has 4 heteroatoms. The Bertz CT molecular complexity index is 70.8. The molecule has 0 amide bonds. The van der Waals surface area contributed by atoms with E-state index in [0.29, 0.717) is 18.5 Å². The highest BCUT2D eigenvalue weighted by atomic mass is 32.2. The van der Waals surface area contributed by atoms with Crippen molar-refractivity contribution in [2.24, 2.45) is 0 Å². The van der Waals surface area contributed by atoms with Gasteiger partial charge in [-0.2, -0.15) is 12.6 Å². The second-order valence-corrected chi connectivity index (χ2v) is 3.34. The van der Waals surface area contributed by atoms with Crippen LogP contribution in [0.1, 0.15) is 25.7 Å². The van der Waals surface area contributed by atoms with E-state index in [2.05, 4.69) is 12.6 Å². The van der Waals surface area contributed by atoms with Crippen molar-refractivity contribution >= 4 is 24.7 Å². The summed E-state index contributed by atoms with van der Waals surface area (Å²) in [5.41, 5.74) is -0.597. The monoisotopic (exact) mass is 182 g/mol. The summed E-state index contributed by atoms with van der Waals surface area (Å²) < 4.78 is 8.34. The van der Waals surface area contributed by atoms with Crippen LogP contribution in [-0.4, -0.2) is 20.8 Å². The quantitative estimate of drug-likeness (QED) is 0.255. The third-order valence-electron chi connectivity index (χ3n) is 1.23. The number of hydrogen-bond donors (Lipinski definition) is 3. The van der Waals surface area contributed by atoms with Crippen LogP contribution >= 0.6 is 24.7 Å². The standard InChI is InChI=1S/C6H14O2S2/c7-6(10-8)4-2-1-3-5-9/h6-9H,1-5H2. The molecule has 2 nitrogen and oxygen atoms in total. The zero-order valence-electron chi connectivity index (χ0n) is 5.86. The Hall–Kier alpha value is 0.620. The highest BCUT2D eigenvalue weighted by Crippen LogP contribution is 2.11. The molecule has 1 unspecified atom stereocenters. The summed E-state index contributed by atoms with van der Waals surface area (Å²) in [7, 11) is 0. The first kappa shape index (κ1) is 10.6. The van der Waals surface area contributed by atoms with E-state index >= 15 is 0 Å². The third kappa shape index (κ3) is 6.74. The van der Waals surface area contributed by atoms with Crippen molar-refractivity contribution in [1.82, 2.24) is 0 Å². The van der Waals surface area contributed by atoms with Crippen LogP contribution < -0.4 is 0 Å². The van der Waals surface area contributed by atoms with Crippen LogP contribution in [0.4, 0.5) is 0 Å². The highest BCUT2D eigenvalue weighted by molar-refractivity contribution is 7.94. The fourth-order valence-corrected chi connectivity index (χ4v) is 1.16. The smallest absolute Gasteiger partial charge is 0.125 e.